The minimum Gasteiger partial charge on any atom is -0.496 e. The molecule has 0 spiro atoms. The molecule has 1 amide bonds. The standard InChI is InChI=1S/C27H29N5O4/c1-4-5-14-31-24(28)23(25(33)30-27(31)35)32(16-18-10-6-9-13-22(18)36-3)26(34)20-15-17(2)29-21-12-8-7-11-19(20)21/h6-13,15H,4-5,14,16,28H2,1-3H3,(H,30,33,35). The van der Waals surface area contributed by atoms with Gasteiger partial charge >= 0.3 is 5.69 Å². The van der Waals surface area contributed by atoms with Crippen LogP contribution in [0.2, 0.25) is 0 Å². The van der Waals surface area contributed by atoms with Crippen LogP contribution >= 0.6 is 0 Å². The molecule has 2 heterocycles. The van der Waals surface area contributed by atoms with E-state index in [1.807, 2.05) is 49.4 Å². The van der Waals surface area contributed by atoms with Crippen LogP contribution in [0.4, 0.5) is 11.5 Å². The second kappa shape index (κ2) is 10.5. The molecular weight excluding hydrogens is 458 g/mol. The van der Waals surface area contributed by atoms with Crippen LogP contribution in [0.3, 0.4) is 0 Å². The number of carbonyl (C=O) groups is 1. The SMILES string of the molecule is CCCCn1c(N)c(N(Cc2ccccc2OC)C(=O)c2cc(C)nc3ccccc23)c(=O)[nH]c1=O. The molecule has 2 aromatic heterocycles. The zero-order valence-corrected chi connectivity index (χ0v) is 20.6. The lowest BCUT2D eigenvalue weighted by Gasteiger charge is -2.26. The summed E-state index contributed by atoms with van der Waals surface area (Å²) < 4.78 is 6.80. The van der Waals surface area contributed by atoms with Gasteiger partial charge in [0, 0.05) is 23.2 Å². The topological polar surface area (TPSA) is 123 Å². The van der Waals surface area contributed by atoms with Gasteiger partial charge in [-0.15, -0.1) is 0 Å². The lowest BCUT2D eigenvalue weighted by Crippen LogP contribution is -2.41. The van der Waals surface area contributed by atoms with Crippen molar-refractivity contribution in [1.82, 2.24) is 14.5 Å². The first kappa shape index (κ1) is 24.7. The fraction of sp³-hybridized carbons (Fsp3) is 0.259. The molecule has 0 atom stereocenters. The molecule has 4 rings (SSSR count). The Morgan fingerprint density at radius 2 is 1.86 bits per heavy atom. The monoisotopic (exact) mass is 487 g/mol. The molecule has 9 heteroatoms. The fourth-order valence-corrected chi connectivity index (χ4v) is 4.26. The van der Waals surface area contributed by atoms with Crippen LogP contribution in [0, 0.1) is 6.92 Å². The van der Waals surface area contributed by atoms with Gasteiger partial charge in [0.25, 0.3) is 11.5 Å². The van der Waals surface area contributed by atoms with Gasteiger partial charge in [-0.05, 0) is 31.5 Å². The molecule has 0 fully saturated rings. The lowest BCUT2D eigenvalue weighted by atomic mass is 10.1. The summed E-state index contributed by atoms with van der Waals surface area (Å²) >= 11 is 0. The summed E-state index contributed by atoms with van der Waals surface area (Å²) in [4.78, 5) is 48.1. The highest BCUT2D eigenvalue weighted by molar-refractivity contribution is 6.14. The number of unbranched alkanes of at least 4 members (excludes halogenated alkanes) is 1. The van der Waals surface area contributed by atoms with Crippen molar-refractivity contribution < 1.29 is 9.53 Å². The van der Waals surface area contributed by atoms with E-state index in [4.69, 9.17) is 10.5 Å². The summed E-state index contributed by atoms with van der Waals surface area (Å²) in [6, 6.07) is 16.2. The van der Waals surface area contributed by atoms with Gasteiger partial charge in [-0.1, -0.05) is 49.7 Å². The van der Waals surface area contributed by atoms with Crippen LogP contribution in [0.1, 0.15) is 41.4 Å². The molecule has 2 aromatic carbocycles. The van der Waals surface area contributed by atoms with Crippen LogP contribution in [-0.4, -0.2) is 27.6 Å². The number of nitrogens with one attached hydrogen (secondary N) is 1. The number of ether oxygens (including phenoxy) is 1. The van der Waals surface area contributed by atoms with Crippen LogP contribution in [-0.2, 0) is 13.1 Å². The minimum atomic E-state index is -0.733. The van der Waals surface area contributed by atoms with E-state index in [0.29, 0.717) is 46.4 Å². The number of nitrogens with zero attached hydrogens (tertiary/aromatic N) is 3. The minimum absolute atomic E-state index is 0.00218. The van der Waals surface area contributed by atoms with Crippen molar-refractivity contribution in [3.8, 4) is 5.75 Å². The van der Waals surface area contributed by atoms with E-state index < -0.39 is 17.2 Å². The Hall–Kier alpha value is -4.40. The van der Waals surface area contributed by atoms with Crippen LogP contribution < -0.4 is 26.6 Å². The number of aromatic amines is 1. The number of pyridine rings is 1. The fourth-order valence-electron chi connectivity index (χ4n) is 4.26. The molecular formula is C27H29N5O4. The Bertz CT molecular complexity index is 1540. The van der Waals surface area contributed by atoms with E-state index in [2.05, 4.69) is 9.97 Å². The van der Waals surface area contributed by atoms with Gasteiger partial charge in [0.2, 0.25) is 0 Å². The van der Waals surface area contributed by atoms with E-state index >= 15 is 0 Å². The maximum absolute atomic E-state index is 14.2. The molecule has 0 aliphatic carbocycles. The third kappa shape index (κ3) is 4.72. The van der Waals surface area contributed by atoms with E-state index in [-0.39, 0.29) is 18.1 Å². The summed E-state index contributed by atoms with van der Waals surface area (Å²) in [5.74, 6) is 0.0522. The van der Waals surface area contributed by atoms with E-state index in [1.165, 1.54) is 16.6 Å². The number of hydrogen-bond acceptors (Lipinski definition) is 6. The van der Waals surface area contributed by atoms with Crippen molar-refractivity contribution in [2.45, 2.75) is 39.8 Å². The first-order chi connectivity index (χ1) is 17.3. The Kier molecular flexibility index (Phi) is 7.19. The third-order valence-corrected chi connectivity index (χ3v) is 6.06. The predicted molar refractivity (Wildman–Crippen MR) is 141 cm³/mol. The molecule has 0 saturated heterocycles. The van der Waals surface area contributed by atoms with Gasteiger partial charge in [0.05, 0.1) is 24.7 Å². The molecule has 0 aliphatic rings. The molecule has 0 unspecified atom stereocenters. The number of aryl methyl sites for hydroxylation is 1. The highest BCUT2D eigenvalue weighted by atomic mass is 16.5. The van der Waals surface area contributed by atoms with Crippen LogP contribution in [0.15, 0.2) is 64.2 Å². The highest BCUT2D eigenvalue weighted by Gasteiger charge is 2.28. The number of nitrogens with two attached hydrogens (primary N) is 1. The number of anilines is 2. The number of aromatic nitrogens is 3. The number of hydrogen-bond donors (Lipinski definition) is 2. The van der Waals surface area contributed by atoms with Crippen molar-refractivity contribution >= 4 is 28.3 Å². The van der Waals surface area contributed by atoms with Crippen molar-refractivity contribution in [2.24, 2.45) is 0 Å². The molecule has 186 valence electrons. The summed E-state index contributed by atoms with van der Waals surface area (Å²) in [6.45, 7) is 4.11. The van der Waals surface area contributed by atoms with Crippen molar-refractivity contribution in [2.75, 3.05) is 17.7 Å². The average molecular weight is 488 g/mol. The third-order valence-electron chi connectivity index (χ3n) is 6.06. The number of H-pyrrole nitrogens is 1. The Morgan fingerprint density at radius 3 is 2.61 bits per heavy atom. The molecule has 9 nitrogen and oxygen atoms in total. The molecule has 3 N–H and O–H groups in total. The first-order valence-electron chi connectivity index (χ1n) is 11.8. The molecule has 0 bridgehead atoms. The molecule has 0 aliphatic heterocycles. The van der Waals surface area contributed by atoms with Crippen LogP contribution in [0.5, 0.6) is 5.75 Å². The molecule has 0 saturated carbocycles. The zero-order chi connectivity index (χ0) is 25.8. The van der Waals surface area contributed by atoms with Gasteiger partial charge in [-0.2, -0.15) is 0 Å². The number of para-hydroxylation sites is 2. The number of amides is 1. The van der Waals surface area contributed by atoms with Crippen molar-refractivity contribution in [1.29, 1.82) is 0 Å². The van der Waals surface area contributed by atoms with Gasteiger partial charge < -0.3 is 10.5 Å². The lowest BCUT2D eigenvalue weighted by molar-refractivity contribution is 0.0986. The van der Waals surface area contributed by atoms with Gasteiger partial charge in [0.15, 0.2) is 5.69 Å². The number of fused-ring (bicyclic) bond motifs is 1. The maximum Gasteiger partial charge on any atom is 0.330 e. The molecule has 4 aromatic rings. The summed E-state index contributed by atoms with van der Waals surface area (Å²) in [6.07, 6.45) is 1.51. The van der Waals surface area contributed by atoms with Crippen molar-refractivity contribution in [3.05, 3.63) is 92.3 Å². The maximum atomic E-state index is 14.2. The van der Waals surface area contributed by atoms with Crippen LogP contribution in [0.25, 0.3) is 10.9 Å². The van der Waals surface area contributed by atoms with E-state index in [0.717, 1.165) is 6.42 Å². The zero-order valence-electron chi connectivity index (χ0n) is 20.6. The predicted octanol–water partition coefficient (Wildman–Crippen LogP) is 3.63. The number of rotatable bonds is 8. The molecule has 36 heavy (non-hydrogen) atoms. The second-order valence-corrected chi connectivity index (χ2v) is 8.53. The number of carbonyl (C=O) groups excluding carboxylic acids is 1. The highest BCUT2D eigenvalue weighted by Crippen LogP contribution is 2.28. The normalized spacial score (nSPS) is 11.0. The van der Waals surface area contributed by atoms with Gasteiger partial charge in [0.1, 0.15) is 11.6 Å². The Morgan fingerprint density at radius 1 is 1.14 bits per heavy atom. The summed E-state index contributed by atoms with van der Waals surface area (Å²) in [5.41, 5.74) is 7.36. The smallest absolute Gasteiger partial charge is 0.330 e. The van der Waals surface area contributed by atoms with Gasteiger partial charge in [-0.3, -0.25) is 29.0 Å². The summed E-state index contributed by atoms with van der Waals surface area (Å²) in [7, 11) is 1.54. The number of methoxy groups -OCH3 is 1. The quantitative estimate of drug-likeness (QED) is 0.391. The average Bonchev–Trinajstić information content (AvgIpc) is 2.87. The van der Waals surface area contributed by atoms with Crippen molar-refractivity contribution in [3.63, 3.8) is 0 Å². The Labute approximate surface area is 208 Å². The second-order valence-electron chi connectivity index (χ2n) is 8.53. The largest absolute Gasteiger partial charge is 0.496 e. The van der Waals surface area contributed by atoms with Gasteiger partial charge in [-0.25, -0.2) is 4.79 Å². The van der Waals surface area contributed by atoms with E-state index in [1.54, 1.807) is 19.1 Å². The summed E-state index contributed by atoms with van der Waals surface area (Å²) in [5, 5.41) is 0.646. The van der Waals surface area contributed by atoms with E-state index in [9.17, 15) is 14.4 Å². The Balaban J connectivity index is 1.96. The number of benzene rings is 2. The number of nitrogen functional groups attached to an aromatic ring is 1. The molecule has 0 radical (unpaired) electrons. The first-order valence-corrected chi connectivity index (χ1v) is 11.8.